The van der Waals surface area contributed by atoms with E-state index in [0.717, 1.165) is 19.0 Å². The fraction of sp³-hybridized carbons (Fsp3) is 0.417. The van der Waals surface area contributed by atoms with Gasteiger partial charge in [-0.3, -0.25) is 0 Å². The summed E-state index contributed by atoms with van der Waals surface area (Å²) in [4.78, 5) is 2.14. The highest BCUT2D eigenvalue weighted by atomic mass is 15.6. The van der Waals surface area contributed by atoms with Crippen LogP contribution in [0.1, 0.15) is 19.4 Å². The zero-order valence-corrected chi connectivity index (χ0v) is 10.2. The Kier molecular flexibility index (Phi) is 3.69. The fourth-order valence-electron chi connectivity index (χ4n) is 1.79. The third kappa shape index (κ3) is 2.61. The number of hydrogen-bond donors (Lipinski definition) is 0. The van der Waals surface area contributed by atoms with Crippen molar-refractivity contribution in [1.29, 1.82) is 0 Å². The lowest BCUT2D eigenvalue weighted by Gasteiger charge is -2.18. The minimum absolute atomic E-state index is 0.708. The summed E-state index contributed by atoms with van der Waals surface area (Å²) in [6.07, 6.45) is 0. The van der Waals surface area contributed by atoms with Gasteiger partial charge in [0.1, 0.15) is 0 Å². The van der Waals surface area contributed by atoms with Gasteiger partial charge in [-0.25, -0.2) is 4.68 Å². The van der Waals surface area contributed by atoms with Crippen LogP contribution in [0.3, 0.4) is 0 Å². The van der Waals surface area contributed by atoms with E-state index in [1.807, 2.05) is 22.9 Å². The van der Waals surface area contributed by atoms with Gasteiger partial charge in [0.05, 0.1) is 6.54 Å². The van der Waals surface area contributed by atoms with Crippen molar-refractivity contribution in [3.63, 3.8) is 0 Å². The van der Waals surface area contributed by atoms with Crippen LogP contribution in [-0.2, 0) is 6.54 Å². The van der Waals surface area contributed by atoms with Crippen LogP contribution in [0.4, 0.5) is 5.95 Å². The molecule has 0 saturated heterocycles. The van der Waals surface area contributed by atoms with E-state index >= 15 is 0 Å². The van der Waals surface area contributed by atoms with Crippen LogP contribution < -0.4 is 4.90 Å². The SMILES string of the molecule is CCN(CC)c1nnnn1Cc1ccccc1. The molecule has 0 fully saturated rings. The van der Waals surface area contributed by atoms with Gasteiger partial charge in [0, 0.05) is 13.1 Å². The van der Waals surface area contributed by atoms with E-state index in [-0.39, 0.29) is 0 Å². The first-order valence-electron chi connectivity index (χ1n) is 5.90. The van der Waals surface area contributed by atoms with Crippen molar-refractivity contribution in [2.45, 2.75) is 20.4 Å². The molecule has 1 heterocycles. The van der Waals surface area contributed by atoms with E-state index in [1.54, 1.807) is 0 Å². The van der Waals surface area contributed by atoms with E-state index in [0.29, 0.717) is 6.54 Å². The summed E-state index contributed by atoms with van der Waals surface area (Å²) in [5.41, 5.74) is 1.20. The summed E-state index contributed by atoms with van der Waals surface area (Å²) < 4.78 is 1.84. The average molecular weight is 231 g/mol. The number of rotatable bonds is 5. The summed E-state index contributed by atoms with van der Waals surface area (Å²) in [7, 11) is 0. The van der Waals surface area contributed by atoms with Crippen molar-refractivity contribution in [1.82, 2.24) is 20.2 Å². The maximum atomic E-state index is 4.08. The summed E-state index contributed by atoms with van der Waals surface area (Å²) in [6.45, 7) is 6.73. The molecule has 0 saturated carbocycles. The zero-order chi connectivity index (χ0) is 12.1. The molecule has 0 aliphatic rings. The molecular weight excluding hydrogens is 214 g/mol. The van der Waals surface area contributed by atoms with Crippen LogP contribution in [0.5, 0.6) is 0 Å². The van der Waals surface area contributed by atoms with Gasteiger partial charge in [0.15, 0.2) is 0 Å². The Hall–Kier alpha value is -1.91. The van der Waals surface area contributed by atoms with Gasteiger partial charge >= 0.3 is 0 Å². The molecule has 1 aromatic heterocycles. The molecule has 0 atom stereocenters. The van der Waals surface area contributed by atoms with Crippen LogP contribution in [-0.4, -0.2) is 33.3 Å². The predicted octanol–water partition coefficient (Wildman–Crippen LogP) is 1.57. The van der Waals surface area contributed by atoms with E-state index in [1.165, 1.54) is 5.56 Å². The van der Waals surface area contributed by atoms with Gasteiger partial charge in [-0.05, 0) is 29.8 Å². The maximum Gasteiger partial charge on any atom is 0.245 e. The first-order chi connectivity index (χ1) is 8.35. The van der Waals surface area contributed by atoms with Crippen LogP contribution >= 0.6 is 0 Å². The molecule has 0 aliphatic heterocycles. The Balaban J connectivity index is 2.20. The summed E-state index contributed by atoms with van der Waals surface area (Å²) in [5.74, 6) is 0.832. The van der Waals surface area contributed by atoms with Gasteiger partial charge in [-0.2, -0.15) is 0 Å². The largest absolute Gasteiger partial charge is 0.340 e. The van der Waals surface area contributed by atoms with E-state index in [9.17, 15) is 0 Å². The summed E-state index contributed by atoms with van der Waals surface area (Å²) in [6, 6.07) is 10.2. The van der Waals surface area contributed by atoms with Crippen LogP contribution in [0.25, 0.3) is 0 Å². The molecular formula is C12H17N5. The molecule has 2 rings (SSSR count). The molecule has 0 amide bonds. The minimum Gasteiger partial charge on any atom is -0.340 e. The van der Waals surface area contributed by atoms with E-state index < -0.39 is 0 Å². The summed E-state index contributed by atoms with van der Waals surface area (Å²) >= 11 is 0. The van der Waals surface area contributed by atoms with Crippen LogP contribution in [0.15, 0.2) is 30.3 Å². The minimum atomic E-state index is 0.708. The highest BCUT2D eigenvalue weighted by molar-refractivity contribution is 5.28. The Morgan fingerprint density at radius 2 is 1.82 bits per heavy atom. The van der Waals surface area contributed by atoms with Crippen LogP contribution in [0.2, 0.25) is 0 Å². The van der Waals surface area contributed by atoms with Gasteiger partial charge in [0.2, 0.25) is 5.95 Å². The lowest BCUT2D eigenvalue weighted by atomic mass is 10.2. The molecule has 0 spiro atoms. The van der Waals surface area contributed by atoms with Crippen molar-refractivity contribution in [2.75, 3.05) is 18.0 Å². The second-order valence-corrected chi connectivity index (χ2v) is 3.79. The van der Waals surface area contributed by atoms with Gasteiger partial charge in [-0.1, -0.05) is 35.4 Å². The molecule has 5 heteroatoms. The number of hydrogen-bond acceptors (Lipinski definition) is 4. The van der Waals surface area contributed by atoms with Gasteiger partial charge in [-0.15, -0.1) is 0 Å². The van der Waals surface area contributed by atoms with Crippen molar-refractivity contribution < 1.29 is 0 Å². The second-order valence-electron chi connectivity index (χ2n) is 3.79. The predicted molar refractivity (Wildman–Crippen MR) is 66.9 cm³/mol. The Morgan fingerprint density at radius 1 is 1.12 bits per heavy atom. The quantitative estimate of drug-likeness (QED) is 0.783. The lowest BCUT2D eigenvalue weighted by Crippen LogP contribution is -2.26. The molecule has 0 unspecified atom stereocenters. The van der Waals surface area contributed by atoms with E-state index in [4.69, 9.17) is 0 Å². The lowest BCUT2D eigenvalue weighted by molar-refractivity contribution is 0.634. The molecule has 17 heavy (non-hydrogen) atoms. The van der Waals surface area contributed by atoms with Crippen LogP contribution in [0, 0.1) is 0 Å². The highest BCUT2D eigenvalue weighted by Gasteiger charge is 2.11. The number of nitrogens with zero attached hydrogens (tertiary/aromatic N) is 5. The molecule has 90 valence electrons. The fourth-order valence-corrected chi connectivity index (χ4v) is 1.79. The normalized spacial score (nSPS) is 10.5. The third-order valence-electron chi connectivity index (χ3n) is 2.73. The Labute approximate surface area is 101 Å². The third-order valence-corrected chi connectivity index (χ3v) is 2.73. The van der Waals surface area contributed by atoms with Crippen molar-refractivity contribution in [3.05, 3.63) is 35.9 Å². The molecule has 0 radical (unpaired) electrons. The number of anilines is 1. The average Bonchev–Trinajstić information content (AvgIpc) is 2.81. The first-order valence-corrected chi connectivity index (χ1v) is 5.90. The number of benzene rings is 1. The van der Waals surface area contributed by atoms with Gasteiger partial charge in [0.25, 0.3) is 0 Å². The highest BCUT2D eigenvalue weighted by Crippen LogP contribution is 2.10. The monoisotopic (exact) mass is 231 g/mol. The van der Waals surface area contributed by atoms with Crippen molar-refractivity contribution in [2.24, 2.45) is 0 Å². The maximum absolute atomic E-state index is 4.08. The Bertz CT molecular complexity index is 447. The molecule has 0 N–H and O–H groups in total. The second kappa shape index (κ2) is 5.43. The number of tetrazole rings is 1. The van der Waals surface area contributed by atoms with E-state index in [2.05, 4.69) is 46.4 Å². The topological polar surface area (TPSA) is 46.8 Å². The molecule has 1 aromatic carbocycles. The molecule has 2 aromatic rings. The Morgan fingerprint density at radius 3 is 2.47 bits per heavy atom. The first kappa shape index (κ1) is 11.6. The summed E-state index contributed by atoms with van der Waals surface area (Å²) in [5, 5.41) is 11.9. The molecule has 0 bridgehead atoms. The molecule has 0 aliphatic carbocycles. The smallest absolute Gasteiger partial charge is 0.245 e. The van der Waals surface area contributed by atoms with Gasteiger partial charge < -0.3 is 4.90 Å². The zero-order valence-electron chi connectivity index (χ0n) is 10.2. The standard InChI is InChI=1S/C12H17N5/c1-3-16(4-2)12-13-14-15-17(12)10-11-8-6-5-7-9-11/h5-9H,3-4,10H2,1-2H3. The molecule has 5 nitrogen and oxygen atoms in total. The van der Waals surface area contributed by atoms with Crippen molar-refractivity contribution >= 4 is 5.95 Å². The van der Waals surface area contributed by atoms with Crippen molar-refractivity contribution in [3.8, 4) is 0 Å². The number of aromatic nitrogens is 4.